The largest absolute Gasteiger partial charge is 0.395 e. The van der Waals surface area contributed by atoms with E-state index in [4.69, 9.17) is 0 Å². The average molecular weight is 501 g/mol. The van der Waals surface area contributed by atoms with E-state index in [1.165, 1.54) is 47.7 Å². The number of aromatic nitrogens is 3. The van der Waals surface area contributed by atoms with Gasteiger partial charge >= 0.3 is 0 Å². The summed E-state index contributed by atoms with van der Waals surface area (Å²) in [6, 6.07) is 14.7. The molecule has 37 heavy (non-hydrogen) atoms. The predicted molar refractivity (Wildman–Crippen MR) is 151 cm³/mol. The molecule has 1 aliphatic heterocycles. The van der Waals surface area contributed by atoms with Crippen molar-refractivity contribution in [2.75, 3.05) is 45.9 Å². The first-order chi connectivity index (χ1) is 18.3. The number of piperazine rings is 1. The minimum Gasteiger partial charge on any atom is -0.395 e. The fourth-order valence-electron chi connectivity index (χ4n) is 5.64. The number of nitrogens with one attached hydrogen (secondary N) is 2. The van der Waals surface area contributed by atoms with Gasteiger partial charge in [0.25, 0.3) is 0 Å². The first-order valence-electron chi connectivity index (χ1n) is 13.9. The van der Waals surface area contributed by atoms with Crippen molar-refractivity contribution in [3.05, 3.63) is 71.8 Å². The van der Waals surface area contributed by atoms with Crippen molar-refractivity contribution in [3.8, 4) is 0 Å². The van der Waals surface area contributed by atoms with Gasteiger partial charge in [-0.2, -0.15) is 0 Å². The lowest BCUT2D eigenvalue weighted by Crippen LogP contribution is -2.44. The molecule has 0 atom stereocenters. The number of para-hydroxylation sites is 1. The maximum atomic E-state index is 9.55. The molecule has 6 rings (SSSR count). The van der Waals surface area contributed by atoms with Crippen LogP contribution >= 0.6 is 0 Å². The van der Waals surface area contributed by atoms with E-state index in [9.17, 15) is 5.11 Å². The normalized spacial score (nSPS) is 15.9. The Kier molecular flexibility index (Phi) is 9.14. The Morgan fingerprint density at radius 1 is 0.892 bits per heavy atom. The number of pyridine rings is 2. The topological polar surface area (TPSA) is 78.2 Å². The van der Waals surface area contributed by atoms with Crippen LogP contribution in [0.1, 0.15) is 36.2 Å². The van der Waals surface area contributed by atoms with E-state index < -0.39 is 0 Å². The van der Waals surface area contributed by atoms with Crippen LogP contribution in [0.3, 0.4) is 0 Å². The quantitative estimate of drug-likeness (QED) is 0.321. The van der Waals surface area contributed by atoms with Crippen LogP contribution in [0, 0.1) is 0 Å². The third kappa shape index (κ3) is 6.36. The fourth-order valence-corrected chi connectivity index (χ4v) is 5.64. The molecule has 1 fully saturated rings. The highest BCUT2D eigenvalue weighted by Gasteiger charge is 2.14. The maximum Gasteiger partial charge on any atom is 0.0784 e. The van der Waals surface area contributed by atoms with Crippen molar-refractivity contribution in [1.29, 1.82) is 0 Å². The summed E-state index contributed by atoms with van der Waals surface area (Å²) in [5, 5.41) is 19.0. The molecule has 0 radical (unpaired) electrons. The van der Waals surface area contributed by atoms with Gasteiger partial charge in [-0.15, -0.1) is 0 Å². The van der Waals surface area contributed by atoms with E-state index in [2.05, 4.69) is 66.5 Å². The van der Waals surface area contributed by atoms with Crippen molar-refractivity contribution in [1.82, 2.24) is 30.1 Å². The van der Waals surface area contributed by atoms with E-state index in [1.807, 2.05) is 18.5 Å². The molecule has 7 nitrogen and oxygen atoms in total. The van der Waals surface area contributed by atoms with Crippen molar-refractivity contribution in [2.45, 2.75) is 45.2 Å². The Labute approximate surface area is 219 Å². The van der Waals surface area contributed by atoms with Gasteiger partial charge in [0.15, 0.2) is 0 Å². The van der Waals surface area contributed by atoms with Gasteiger partial charge in [-0.05, 0) is 69.0 Å². The molecule has 0 amide bonds. The number of fused-ring (bicyclic) bond motifs is 4. The molecular formula is C30H40N6O. The van der Waals surface area contributed by atoms with E-state index in [0.717, 1.165) is 69.0 Å². The summed E-state index contributed by atoms with van der Waals surface area (Å²) in [5.74, 6) is 0. The molecule has 1 saturated heterocycles. The molecule has 1 aliphatic carbocycles. The van der Waals surface area contributed by atoms with E-state index in [-0.39, 0.29) is 6.61 Å². The Hall–Kier alpha value is -2.84. The number of rotatable bonds is 8. The van der Waals surface area contributed by atoms with E-state index >= 15 is 0 Å². The third-order valence-electron chi connectivity index (χ3n) is 7.50. The molecule has 3 N–H and O–H groups in total. The lowest BCUT2D eigenvalue weighted by Gasteiger charge is -2.27. The lowest BCUT2D eigenvalue weighted by molar-refractivity contribution is 0.237. The molecule has 0 unspecified atom stereocenters. The molecule has 0 spiro atoms. The zero-order valence-electron chi connectivity index (χ0n) is 21.8. The summed E-state index contributed by atoms with van der Waals surface area (Å²) in [6.07, 6.45) is 10.0. The van der Waals surface area contributed by atoms with E-state index in [0.29, 0.717) is 6.54 Å². The molecule has 7 heteroatoms. The highest BCUT2D eigenvalue weighted by atomic mass is 16.3. The number of aryl methyl sites for hydroxylation is 2. The van der Waals surface area contributed by atoms with Crippen LogP contribution in [0.4, 0.5) is 0 Å². The van der Waals surface area contributed by atoms with Crippen LogP contribution in [0.15, 0.2) is 54.9 Å². The van der Waals surface area contributed by atoms with Gasteiger partial charge in [0.2, 0.25) is 0 Å². The number of aliphatic hydroxyl groups excluding tert-OH is 1. The number of hydrogen-bond acceptors (Lipinski definition) is 6. The van der Waals surface area contributed by atoms with Crippen LogP contribution in [-0.2, 0) is 25.9 Å². The molecule has 4 aromatic rings. The first-order valence-corrected chi connectivity index (χ1v) is 13.9. The van der Waals surface area contributed by atoms with Gasteiger partial charge < -0.3 is 25.2 Å². The van der Waals surface area contributed by atoms with E-state index in [1.54, 1.807) is 0 Å². The Balaban J connectivity index is 0.000000233. The Morgan fingerprint density at radius 2 is 1.76 bits per heavy atom. The van der Waals surface area contributed by atoms with Gasteiger partial charge in [-0.25, -0.2) is 0 Å². The van der Waals surface area contributed by atoms with Crippen molar-refractivity contribution in [3.63, 3.8) is 0 Å². The molecule has 3 aromatic heterocycles. The molecule has 2 aliphatic rings. The van der Waals surface area contributed by atoms with Crippen LogP contribution in [0.5, 0.6) is 0 Å². The van der Waals surface area contributed by atoms with Crippen LogP contribution in [0.2, 0.25) is 0 Å². The number of benzene rings is 1. The summed E-state index contributed by atoms with van der Waals surface area (Å²) in [5.41, 5.74) is 6.15. The smallest absolute Gasteiger partial charge is 0.0784 e. The SMILES string of the molecule is OCCn1c2ccccc2c2ccnc(CNCCCN3CCNCC3)c21.c1cnc2c(c1)CCCC2. The van der Waals surface area contributed by atoms with Gasteiger partial charge in [0.05, 0.1) is 17.8 Å². The summed E-state index contributed by atoms with van der Waals surface area (Å²) in [7, 11) is 0. The van der Waals surface area contributed by atoms with Crippen LogP contribution in [-0.4, -0.2) is 70.4 Å². The van der Waals surface area contributed by atoms with Crippen molar-refractivity contribution in [2.24, 2.45) is 0 Å². The molecule has 0 bridgehead atoms. The summed E-state index contributed by atoms with van der Waals surface area (Å²) in [4.78, 5) is 11.5. The predicted octanol–water partition coefficient (Wildman–Crippen LogP) is 3.53. The Bertz CT molecular complexity index is 1250. The minimum atomic E-state index is 0.125. The second kappa shape index (κ2) is 13.1. The summed E-state index contributed by atoms with van der Waals surface area (Å²) in [6.45, 7) is 8.12. The zero-order chi connectivity index (χ0) is 25.3. The molecular weight excluding hydrogens is 460 g/mol. The third-order valence-corrected chi connectivity index (χ3v) is 7.50. The van der Waals surface area contributed by atoms with Crippen molar-refractivity contribution >= 4 is 21.8 Å². The first kappa shape index (κ1) is 25.8. The second-order valence-electron chi connectivity index (χ2n) is 9.98. The second-order valence-corrected chi connectivity index (χ2v) is 9.98. The highest BCUT2D eigenvalue weighted by molar-refractivity contribution is 6.08. The maximum absolute atomic E-state index is 9.55. The number of hydrogen-bond donors (Lipinski definition) is 3. The van der Waals surface area contributed by atoms with Gasteiger partial charge in [-0.1, -0.05) is 24.3 Å². The fraction of sp³-hybridized carbons (Fsp3) is 0.467. The van der Waals surface area contributed by atoms with Gasteiger partial charge in [0.1, 0.15) is 0 Å². The minimum absolute atomic E-state index is 0.125. The molecule has 0 saturated carbocycles. The van der Waals surface area contributed by atoms with Crippen LogP contribution < -0.4 is 10.6 Å². The van der Waals surface area contributed by atoms with Crippen molar-refractivity contribution < 1.29 is 5.11 Å². The number of nitrogens with zero attached hydrogens (tertiary/aromatic N) is 4. The molecule has 196 valence electrons. The molecule has 4 heterocycles. The highest BCUT2D eigenvalue weighted by Crippen LogP contribution is 2.30. The van der Waals surface area contributed by atoms with Crippen LogP contribution in [0.25, 0.3) is 21.8 Å². The van der Waals surface area contributed by atoms with Gasteiger partial charge in [-0.3, -0.25) is 9.97 Å². The van der Waals surface area contributed by atoms with Gasteiger partial charge in [0, 0.05) is 73.6 Å². The Morgan fingerprint density at radius 3 is 2.62 bits per heavy atom. The summed E-state index contributed by atoms with van der Waals surface area (Å²) >= 11 is 0. The lowest BCUT2D eigenvalue weighted by atomic mass is 9.96. The standard InChI is InChI=1S/C21H29N5O.C9H11N/c27-15-14-26-20-5-2-1-4-17(20)18-6-8-24-19(21(18)26)16-23-7-3-11-25-12-9-22-10-13-25;1-2-6-9-8(4-1)5-3-7-10-9/h1-2,4-6,8,22-23,27H,3,7,9-16H2;3,5,7H,1-2,4,6H2. The zero-order valence-corrected chi connectivity index (χ0v) is 21.8. The monoisotopic (exact) mass is 500 g/mol. The average Bonchev–Trinajstić information content (AvgIpc) is 3.28. The summed E-state index contributed by atoms with van der Waals surface area (Å²) < 4.78 is 2.20. The molecule has 1 aromatic carbocycles. The number of aliphatic hydroxyl groups is 1.